The van der Waals surface area contributed by atoms with E-state index in [-0.39, 0.29) is 34.4 Å². The molecular weight excluding hydrogens is 527 g/mol. The van der Waals surface area contributed by atoms with Crippen molar-refractivity contribution in [1.82, 2.24) is 10.2 Å². The molecule has 0 aromatic heterocycles. The summed E-state index contributed by atoms with van der Waals surface area (Å²) in [5, 5.41) is 13.8. The Balaban J connectivity index is 2.05. The molecule has 0 radical (unpaired) electrons. The first-order valence-electron chi connectivity index (χ1n) is 12.1. The van der Waals surface area contributed by atoms with Gasteiger partial charge in [0.25, 0.3) is 15.7 Å². The second kappa shape index (κ2) is 12.5. The van der Waals surface area contributed by atoms with E-state index in [0.717, 1.165) is 21.3 Å². The Morgan fingerprint density at radius 1 is 0.949 bits per heavy atom. The fourth-order valence-corrected chi connectivity index (χ4v) is 5.22. The first kappa shape index (κ1) is 29.2. The molecular formula is C27H29FN4O6S. The van der Waals surface area contributed by atoms with E-state index < -0.39 is 45.2 Å². The molecule has 12 heteroatoms. The van der Waals surface area contributed by atoms with Crippen molar-refractivity contribution in [3.8, 4) is 0 Å². The van der Waals surface area contributed by atoms with Gasteiger partial charge in [0.15, 0.2) is 0 Å². The van der Waals surface area contributed by atoms with Crippen LogP contribution in [0.1, 0.15) is 26.3 Å². The number of hydrogen-bond donors (Lipinski definition) is 1. The number of non-ortho nitro benzene ring substituents is 1. The largest absolute Gasteiger partial charge is 0.352 e. The van der Waals surface area contributed by atoms with E-state index in [0.29, 0.717) is 0 Å². The van der Waals surface area contributed by atoms with E-state index in [1.165, 1.54) is 61.5 Å². The minimum absolute atomic E-state index is 0.00271. The maximum atomic E-state index is 14.5. The summed E-state index contributed by atoms with van der Waals surface area (Å²) in [7, 11) is -4.32. The van der Waals surface area contributed by atoms with Gasteiger partial charge in [-0.25, -0.2) is 12.8 Å². The number of nitro benzene ring substituents is 1. The molecule has 0 aliphatic rings. The number of carbonyl (C=O) groups excluding carboxylic acids is 2. The van der Waals surface area contributed by atoms with Crippen LogP contribution in [0.15, 0.2) is 83.8 Å². The third kappa shape index (κ3) is 7.17. The van der Waals surface area contributed by atoms with Crippen molar-refractivity contribution in [3.63, 3.8) is 0 Å². The van der Waals surface area contributed by atoms with Gasteiger partial charge in [-0.2, -0.15) is 0 Å². The Morgan fingerprint density at radius 2 is 1.54 bits per heavy atom. The highest BCUT2D eigenvalue weighted by Crippen LogP contribution is 2.26. The lowest BCUT2D eigenvalue weighted by Crippen LogP contribution is -2.52. The number of nitrogens with zero attached hydrogens (tertiary/aromatic N) is 3. The lowest BCUT2D eigenvalue weighted by Gasteiger charge is -2.32. The van der Waals surface area contributed by atoms with E-state index in [1.807, 2.05) is 0 Å². The molecule has 1 unspecified atom stereocenters. The maximum absolute atomic E-state index is 14.5. The minimum Gasteiger partial charge on any atom is -0.352 e. The van der Waals surface area contributed by atoms with Gasteiger partial charge in [0.2, 0.25) is 11.8 Å². The Bertz CT molecular complexity index is 1430. The van der Waals surface area contributed by atoms with Gasteiger partial charge in [-0.3, -0.25) is 24.0 Å². The summed E-state index contributed by atoms with van der Waals surface area (Å²) < 4.78 is 42.7. The molecule has 0 bridgehead atoms. The van der Waals surface area contributed by atoms with Crippen LogP contribution in [-0.4, -0.2) is 48.7 Å². The molecule has 3 aromatic rings. The molecule has 0 aliphatic heterocycles. The van der Waals surface area contributed by atoms with Gasteiger partial charge in [0.05, 0.1) is 15.5 Å². The fourth-order valence-electron chi connectivity index (χ4n) is 3.79. The van der Waals surface area contributed by atoms with Crippen molar-refractivity contribution in [1.29, 1.82) is 0 Å². The number of amides is 2. The van der Waals surface area contributed by atoms with E-state index >= 15 is 0 Å². The number of anilines is 1. The van der Waals surface area contributed by atoms with Crippen LogP contribution >= 0.6 is 0 Å². The molecule has 1 N–H and O–H groups in total. The zero-order valence-electron chi connectivity index (χ0n) is 21.7. The maximum Gasteiger partial charge on any atom is 0.269 e. The molecule has 206 valence electrons. The Morgan fingerprint density at radius 3 is 2.10 bits per heavy atom. The van der Waals surface area contributed by atoms with Crippen LogP contribution in [0.3, 0.4) is 0 Å². The number of benzene rings is 3. The van der Waals surface area contributed by atoms with Crippen LogP contribution in [-0.2, 0) is 26.2 Å². The molecule has 3 aromatic carbocycles. The predicted molar refractivity (Wildman–Crippen MR) is 144 cm³/mol. The van der Waals surface area contributed by atoms with Gasteiger partial charge in [-0.1, -0.05) is 36.4 Å². The Kier molecular flexibility index (Phi) is 9.36. The smallest absolute Gasteiger partial charge is 0.269 e. The van der Waals surface area contributed by atoms with Gasteiger partial charge < -0.3 is 10.2 Å². The quantitative estimate of drug-likeness (QED) is 0.282. The van der Waals surface area contributed by atoms with Crippen LogP contribution in [0.25, 0.3) is 0 Å². The third-order valence-electron chi connectivity index (χ3n) is 5.86. The van der Waals surface area contributed by atoms with E-state index in [4.69, 9.17) is 0 Å². The lowest BCUT2D eigenvalue weighted by molar-refractivity contribution is -0.384. The SMILES string of the molecule is CC(C)NC(=O)C(C)N(Cc1ccccc1F)C(=O)CN(c1ccc([N+](=O)[O-])cc1)S(=O)(=O)c1ccccc1. The lowest BCUT2D eigenvalue weighted by atomic mass is 10.1. The third-order valence-corrected chi connectivity index (χ3v) is 7.64. The molecule has 10 nitrogen and oxygen atoms in total. The molecule has 0 aliphatic carbocycles. The van der Waals surface area contributed by atoms with Crippen LogP contribution in [0.5, 0.6) is 0 Å². The minimum atomic E-state index is -4.32. The van der Waals surface area contributed by atoms with Crippen molar-refractivity contribution in [2.75, 3.05) is 10.8 Å². The van der Waals surface area contributed by atoms with Crippen molar-refractivity contribution >= 4 is 33.2 Å². The molecule has 3 rings (SSSR count). The molecule has 1 atom stereocenters. The topological polar surface area (TPSA) is 130 Å². The fraction of sp³-hybridized carbons (Fsp3) is 0.259. The highest BCUT2D eigenvalue weighted by Gasteiger charge is 2.33. The van der Waals surface area contributed by atoms with E-state index in [2.05, 4.69) is 5.32 Å². The number of carbonyl (C=O) groups is 2. The standard InChI is InChI=1S/C27H29FN4O6S/c1-19(2)29-27(34)20(3)30(17-21-9-7-8-12-25(21)28)26(33)18-31(22-13-15-23(16-14-22)32(35)36)39(37,38)24-10-5-4-6-11-24/h4-16,19-20H,17-18H2,1-3H3,(H,29,34). The highest BCUT2D eigenvalue weighted by molar-refractivity contribution is 7.92. The second-order valence-electron chi connectivity index (χ2n) is 9.05. The van der Waals surface area contributed by atoms with Crippen molar-refractivity contribution in [2.45, 2.75) is 44.3 Å². The Labute approximate surface area is 226 Å². The van der Waals surface area contributed by atoms with Gasteiger partial charge >= 0.3 is 0 Å². The first-order chi connectivity index (χ1) is 18.4. The number of nitro groups is 1. The molecule has 0 saturated heterocycles. The summed E-state index contributed by atoms with van der Waals surface area (Å²) in [6.07, 6.45) is 0. The van der Waals surface area contributed by atoms with Crippen molar-refractivity contribution < 1.29 is 27.3 Å². The Hall–Kier alpha value is -4.32. The number of halogens is 1. The van der Waals surface area contributed by atoms with Crippen molar-refractivity contribution in [2.24, 2.45) is 0 Å². The average molecular weight is 557 g/mol. The van der Waals surface area contributed by atoms with Crippen LogP contribution in [0.4, 0.5) is 15.8 Å². The van der Waals surface area contributed by atoms with Crippen LogP contribution < -0.4 is 9.62 Å². The van der Waals surface area contributed by atoms with Gasteiger partial charge in [0, 0.05) is 30.3 Å². The predicted octanol–water partition coefficient (Wildman–Crippen LogP) is 3.87. The molecule has 0 spiro atoms. The second-order valence-corrected chi connectivity index (χ2v) is 10.9. The van der Waals surface area contributed by atoms with Gasteiger partial charge in [-0.15, -0.1) is 0 Å². The molecule has 39 heavy (non-hydrogen) atoms. The first-order valence-corrected chi connectivity index (χ1v) is 13.5. The van der Waals surface area contributed by atoms with E-state index in [1.54, 1.807) is 26.0 Å². The number of sulfonamides is 1. The van der Waals surface area contributed by atoms with Crippen LogP contribution in [0.2, 0.25) is 0 Å². The summed E-state index contributed by atoms with van der Waals surface area (Å²) in [4.78, 5) is 38.1. The molecule has 0 saturated carbocycles. The molecule has 2 amide bonds. The normalized spacial score (nSPS) is 12.0. The van der Waals surface area contributed by atoms with Gasteiger partial charge in [-0.05, 0) is 51.1 Å². The summed E-state index contributed by atoms with van der Waals surface area (Å²) in [6, 6.07) is 16.5. The van der Waals surface area contributed by atoms with E-state index in [9.17, 15) is 32.5 Å². The highest BCUT2D eigenvalue weighted by atomic mass is 32.2. The zero-order valence-corrected chi connectivity index (χ0v) is 22.5. The molecule has 0 fully saturated rings. The average Bonchev–Trinajstić information content (AvgIpc) is 2.90. The number of nitrogens with one attached hydrogen (secondary N) is 1. The monoisotopic (exact) mass is 556 g/mol. The van der Waals surface area contributed by atoms with Gasteiger partial charge in [0.1, 0.15) is 18.4 Å². The van der Waals surface area contributed by atoms with Crippen LogP contribution in [0, 0.1) is 15.9 Å². The summed E-state index contributed by atoms with van der Waals surface area (Å²) in [5.41, 5.74) is -0.118. The van der Waals surface area contributed by atoms with Crippen molar-refractivity contribution in [3.05, 3.63) is 100 Å². The molecule has 0 heterocycles. The zero-order chi connectivity index (χ0) is 28.7. The summed E-state index contributed by atoms with van der Waals surface area (Å²) in [6.45, 7) is 3.92. The summed E-state index contributed by atoms with van der Waals surface area (Å²) >= 11 is 0. The number of rotatable bonds is 11. The number of hydrogen-bond acceptors (Lipinski definition) is 6. The summed E-state index contributed by atoms with van der Waals surface area (Å²) in [5.74, 6) is -1.86.